The number of aromatic amines is 1. The molecule has 3 heterocycles. The van der Waals surface area contributed by atoms with Crippen LogP contribution in [0.3, 0.4) is 0 Å². The van der Waals surface area contributed by atoms with Crippen LogP contribution in [0.5, 0.6) is 0 Å². The molecular weight excluding hydrogens is 468 g/mol. The number of ether oxygens (including phenoxy) is 2. The van der Waals surface area contributed by atoms with Crippen LogP contribution < -0.4 is 0 Å². The lowest BCUT2D eigenvalue weighted by Crippen LogP contribution is -2.43. The zero-order chi connectivity index (χ0) is 25.8. The summed E-state index contributed by atoms with van der Waals surface area (Å²) in [5, 5.41) is 17.5. The normalized spacial score (nSPS) is 20.9. The number of carboxylic acid groups (broad SMARTS) is 1. The molecule has 2 aromatic carbocycles. The van der Waals surface area contributed by atoms with E-state index in [-0.39, 0.29) is 24.8 Å². The van der Waals surface area contributed by atoms with Gasteiger partial charge in [0.2, 0.25) is 0 Å². The third-order valence-corrected chi connectivity index (χ3v) is 7.31. The molecule has 0 unspecified atom stereocenters. The number of H-pyrrole nitrogens is 1. The molecule has 36 heavy (non-hydrogen) atoms. The molecule has 0 aliphatic carbocycles. The molecule has 1 aliphatic heterocycles. The first-order valence-corrected chi connectivity index (χ1v) is 11.9. The predicted molar refractivity (Wildman–Crippen MR) is 132 cm³/mol. The molecule has 2 aromatic heterocycles. The summed E-state index contributed by atoms with van der Waals surface area (Å²) in [6, 6.07) is 7.97. The Kier molecular flexibility index (Phi) is 5.88. The summed E-state index contributed by atoms with van der Waals surface area (Å²) < 4.78 is 43.5. The van der Waals surface area contributed by atoms with Gasteiger partial charge in [-0.1, -0.05) is 13.8 Å². The van der Waals surface area contributed by atoms with Crippen molar-refractivity contribution in [1.82, 2.24) is 14.8 Å². The van der Waals surface area contributed by atoms with Crippen molar-refractivity contribution in [2.75, 3.05) is 20.3 Å². The van der Waals surface area contributed by atoms with E-state index in [4.69, 9.17) is 9.47 Å². The van der Waals surface area contributed by atoms with Crippen LogP contribution in [0.25, 0.3) is 27.5 Å². The van der Waals surface area contributed by atoms with E-state index >= 15 is 4.39 Å². The second-order valence-corrected chi connectivity index (χ2v) is 10.4. The highest BCUT2D eigenvalue weighted by molar-refractivity contribution is 6.00. The van der Waals surface area contributed by atoms with E-state index in [1.807, 2.05) is 24.5 Å². The van der Waals surface area contributed by atoms with Gasteiger partial charge >= 0.3 is 5.97 Å². The molecule has 2 atom stereocenters. The lowest BCUT2D eigenvalue weighted by atomic mass is 9.79. The number of rotatable bonds is 6. The number of carboxylic acids is 1. The molecule has 1 fully saturated rings. The molecule has 0 radical (unpaired) electrons. The van der Waals surface area contributed by atoms with Crippen LogP contribution in [0.15, 0.2) is 36.5 Å². The van der Waals surface area contributed by atoms with Gasteiger partial charge < -0.3 is 19.1 Å². The Morgan fingerprint density at radius 2 is 2.06 bits per heavy atom. The highest BCUT2D eigenvalue weighted by Crippen LogP contribution is 2.46. The number of benzene rings is 2. The monoisotopic (exact) mass is 497 g/mol. The highest BCUT2D eigenvalue weighted by Gasteiger charge is 2.43. The van der Waals surface area contributed by atoms with Crippen molar-refractivity contribution in [3.8, 4) is 5.69 Å². The van der Waals surface area contributed by atoms with Crippen LogP contribution in [0, 0.1) is 11.6 Å². The zero-order valence-electron chi connectivity index (χ0n) is 20.7. The van der Waals surface area contributed by atoms with Gasteiger partial charge in [-0.3, -0.25) is 5.10 Å². The third kappa shape index (κ3) is 3.77. The third-order valence-electron chi connectivity index (χ3n) is 7.31. The molecule has 2 N–H and O–H groups in total. The Bertz CT molecular complexity index is 1450. The lowest BCUT2D eigenvalue weighted by molar-refractivity contribution is -0.170. The molecule has 9 heteroatoms. The van der Waals surface area contributed by atoms with Crippen molar-refractivity contribution in [1.29, 1.82) is 0 Å². The smallest absolute Gasteiger partial charge is 0.335 e. The van der Waals surface area contributed by atoms with Gasteiger partial charge in [-0.25, -0.2) is 13.6 Å². The van der Waals surface area contributed by atoms with E-state index in [0.717, 1.165) is 11.3 Å². The summed E-state index contributed by atoms with van der Waals surface area (Å²) in [5.41, 5.74) is 1.29. The molecule has 1 saturated heterocycles. The first-order chi connectivity index (χ1) is 17.1. The van der Waals surface area contributed by atoms with Gasteiger partial charge in [0.05, 0.1) is 24.9 Å². The first kappa shape index (κ1) is 24.4. The molecular formula is C27H29F2N3O4. The number of nitrogens with zero attached hydrogens (tertiary/aromatic N) is 2. The van der Waals surface area contributed by atoms with Gasteiger partial charge in [0.1, 0.15) is 11.3 Å². The van der Waals surface area contributed by atoms with E-state index in [2.05, 4.69) is 10.2 Å². The fourth-order valence-electron chi connectivity index (χ4n) is 5.47. The van der Waals surface area contributed by atoms with Gasteiger partial charge in [0.15, 0.2) is 11.4 Å². The van der Waals surface area contributed by atoms with E-state index in [0.29, 0.717) is 40.5 Å². The largest absolute Gasteiger partial charge is 0.479 e. The van der Waals surface area contributed by atoms with E-state index < -0.39 is 22.8 Å². The highest BCUT2D eigenvalue weighted by atomic mass is 19.1. The fourth-order valence-corrected chi connectivity index (χ4v) is 5.47. The molecule has 0 saturated carbocycles. The van der Waals surface area contributed by atoms with Crippen molar-refractivity contribution in [3.05, 3.63) is 59.4 Å². The fraction of sp³-hybridized carbons (Fsp3) is 0.407. The minimum Gasteiger partial charge on any atom is -0.479 e. The summed E-state index contributed by atoms with van der Waals surface area (Å²) in [4.78, 5) is 11.8. The quantitative estimate of drug-likeness (QED) is 0.370. The average molecular weight is 498 g/mol. The Balaban J connectivity index is 1.85. The summed E-state index contributed by atoms with van der Waals surface area (Å²) >= 11 is 0. The first-order valence-electron chi connectivity index (χ1n) is 11.9. The number of methoxy groups -OCH3 is 1. The number of aromatic nitrogens is 3. The molecule has 4 aromatic rings. The van der Waals surface area contributed by atoms with Crippen LogP contribution in [0.1, 0.15) is 50.8 Å². The van der Waals surface area contributed by atoms with E-state index in [1.165, 1.54) is 12.1 Å². The minimum absolute atomic E-state index is 0.127. The number of halogens is 2. The molecule has 0 spiro atoms. The molecule has 0 amide bonds. The minimum atomic E-state index is -1.29. The van der Waals surface area contributed by atoms with Crippen LogP contribution in [-0.4, -0.2) is 51.8 Å². The van der Waals surface area contributed by atoms with Crippen molar-refractivity contribution in [2.24, 2.45) is 0 Å². The topological polar surface area (TPSA) is 89.4 Å². The van der Waals surface area contributed by atoms with Crippen molar-refractivity contribution < 1.29 is 28.2 Å². The number of nitrogens with one attached hydrogen (secondary N) is 1. The number of fused-ring (bicyclic) bond motifs is 2. The molecule has 1 aliphatic rings. The van der Waals surface area contributed by atoms with E-state index in [1.54, 1.807) is 32.4 Å². The van der Waals surface area contributed by atoms with Crippen LogP contribution >= 0.6 is 0 Å². The van der Waals surface area contributed by atoms with Crippen LogP contribution in [0.2, 0.25) is 0 Å². The summed E-state index contributed by atoms with van der Waals surface area (Å²) in [6.07, 6.45) is 2.36. The molecule has 5 rings (SSSR count). The van der Waals surface area contributed by atoms with Crippen molar-refractivity contribution in [3.63, 3.8) is 0 Å². The van der Waals surface area contributed by atoms with Gasteiger partial charge in [0, 0.05) is 40.6 Å². The lowest BCUT2D eigenvalue weighted by Gasteiger charge is -2.36. The van der Waals surface area contributed by atoms with Gasteiger partial charge in [-0.2, -0.15) is 5.10 Å². The van der Waals surface area contributed by atoms with Crippen molar-refractivity contribution in [2.45, 2.75) is 50.5 Å². The maximum Gasteiger partial charge on any atom is 0.335 e. The SMILES string of the molecule is COCC(C)(C)c1c([C@H]2CC[C@](C)(C(=O)O)OC2)c2c(F)c3[nH]ncc3cc2n1-c1ccc(F)cc1. The predicted octanol–water partition coefficient (Wildman–Crippen LogP) is 5.45. The molecule has 7 nitrogen and oxygen atoms in total. The summed E-state index contributed by atoms with van der Waals surface area (Å²) in [7, 11) is 1.61. The van der Waals surface area contributed by atoms with Crippen molar-refractivity contribution >= 4 is 27.8 Å². The molecule has 0 bridgehead atoms. The molecule has 190 valence electrons. The second kappa shape index (κ2) is 8.67. The Morgan fingerprint density at radius 1 is 1.33 bits per heavy atom. The Labute approximate surface area is 207 Å². The van der Waals surface area contributed by atoms with Gasteiger partial charge in [-0.15, -0.1) is 0 Å². The number of hydrogen-bond donors (Lipinski definition) is 2. The van der Waals surface area contributed by atoms with E-state index in [9.17, 15) is 14.3 Å². The van der Waals surface area contributed by atoms with Gasteiger partial charge in [-0.05, 0) is 55.7 Å². The standard InChI is InChI=1S/C27H29F2N3O4/c1-26(2,14-35-4)24-20(15-9-10-27(3,25(33)34)36-13-15)21-19(11-16-12-30-31-23(16)22(21)29)32(24)18-7-5-17(28)6-8-18/h5-8,11-12,15H,9-10,13-14H2,1-4H3,(H,30,31)(H,33,34)/t15-,27+/m0/s1. The summed E-state index contributed by atoms with van der Waals surface area (Å²) in [5.74, 6) is -2.08. The number of carbonyl (C=O) groups is 1. The van der Waals surface area contributed by atoms with Crippen LogP contribution in [0.4, 0.5) is 8.78 Å². The average Bonchev–Trinajstić information content (AvgIpc) is 3.44. The maximum absolute atomic E-state index is 16.2. The van der Waals surface area contributed by atoms with Crippen LogP contribution in [-0.2, 0) is 19.7 Å². The zero-order valence-corrected chi connectivity index (χ0v) is 20.7. The Morgan fingerprint density at radius 3 is 2.67 bits per heavy atom. The maximum atomic E-state index is 16.2. The number of aliphatic carboxylic acids is 1. The summed E-state index contributed by atoms with van der Waals surface area (Å²) in [6.45, 7) is 6.08. The van der Waals surface area contributed by atoms with Gasteiger partial charge in [0.25, 0.3) is 0 Å². The second-order valence-electron chi connectivity index (χ2n) is 10.4. The number of hydrogen-bond acceptors (Lipinski definition) is 4. The Hall–Kier alpha value is -3.30.